The van der Waals surface area contributed by atoms with Crippen molar-refractivity contribution in [3.8, 4) is 0 Å². The zero-order chi connectivity index (χ0) is 10.1. The first-order valence-corrected chi connectivity index (χ1v) is 6.25. The van der Waals surface area contributed by atoms with Gasteiger partial charge < -0.3 is 0 Å². The van der Waals surface area contributed by atoms with E-state index < -0.39 is 0 Å². The van der Waals surface area contributed by atoms with Gasteiger partial charge in [0.05, 0.1) is 4.21 Å². The zero-order valence-electron chi connectivity index (χ0n) is 8.50. The van der Waals surface area contributed by atoms with Crippen LogP contribution >= 0.6 is 24.0 Å². The van der Waals surface area contributed by atoms with E-state index in [1.54, 1.807) is 11.3 Å². The van der Waals surface area contributed by atoms with Gasteiger partial charge in [-0.15, -0.1) is 24.0 Å². The summed E-state index contributed by atoms with van der Waals surface area (Å²) in [6.07, 6.45) is 2.18. The van der Waals surface area contributed by atoms with Crippen LogP contribution in [-0.2, 0) is 12.8 Å². The average molecular weight is 222 g/mol. The number of benzene rings is 1. The van der Waals surface area contributed by atoms with Crippen LogP contribution in [0.5, 0.6) is 0 Å². The van der Waals surface area contributed by atoms with Crippen LogP contribution in [0, 0.1) is 0 Å². The minimum absolute atomic E-state index is 1.08. The summed E-state index contributed by atoms with van der Waals surface area (Å²) >= 11 is 6.31. The molecule has 0 aliphatic heterocycles. The van der Waals surface area contributed by atoms with Crippen LogP contribution < -0.4 is 0 Å². The van der Waals surface area contributed by atoms with E-state index in [9.17, 15) is 0 Å². The second-order valence-corrected chi connectivity index (χ2v) is 5.23. The molecule has 1 heterocycles. The molecule has 0 saturated heterocycles. The Morgan fingerprint density at radius 3 is 2.64 bits per heavy atom. The van der Waals surface area contributed by atoms with Gasteiger partial charge in [-0.05, 0) is 35.4 Å². The van der Waals surface area contributed by atoms with Gasteiger partial charge >= 0.3 is 0 Å². The quantitative estimate of drug-likeness (QED) is 0.719. The lowest BCUT2D eigenvalue weighted by atomic mass is 10.1. The molecule has 0 fully saturated rings. The Hall–Kier alpha value is -0.470. The summed E-state index contributed by atoms with van der Waals surface area (Å²) in [6.45, 7) is 4.39. The number of thiol groups is 1. The highest BCUT2D eigenvalue weighted by molar-refractivity contribution is 7.83. The Morgan fingerprint density at radius 2 is 2.00 bits per heavy atom. The summed E-state index contributed by atoms with van der Waals surface area (Å²) in [6, 6.07) is 6.74. The molecule has 0 N–H and O–H groups in total. The van der Waals surface area contributed by atoms with Crippen molar-refractivity contribution in [2.24, 2.45) is 0 Å². The van der Waals surface area contributed by atoms with Crippen molar-refractivity contribution >= 4 is 34.1 Å². The third-order valence-electron chi connectivity index (χ3n) is 2.60. The fraction of sp³-hybridized carbons (Fsp3) is 0.333. The molecule has 0 bridgehead atoms. The number of fused-ring (bicyclic) bond motifs is 1. The Morgan fingerprint density at radius 1 is 1.21 bits per heavy atom. The van der Waals surface area contributed by atoms with Gasteiger partial charge in [0.2, 0.25) is 0 Å². The highest BCUT2D eigenvalue weighted by Gasteiger charge is 2.07. The van der Waals surface area contributed by atoms with Crippen LogP contribution in [0.4, 0.5) is 0 Å². The van der Waals surface area contributed by atoms with Crippen LogP contribution in [0.3, 0.4) is 0 Å². The summed E-state index contributed by atoms with van der Waals surface area (Å²) in [5.41, 5.74) is 2.82. The lowest BCUT2D eigenvalue weighted by Crippen LogP contribution is -1.81. The minimum Gasteiger partial charge on any atom is -0.133 e. The van der Waals surface area contributed by atoms with Crippen LogP contribution in [0.2, 0.25) is 0 Å². The number of hydrogen-bond acceptors (Lipinski definition) is 2. The van der Waals surface area contributed by atoms with Gasteiger partial charge in [-0.3, -0.25) is 0 Å². The van der Waals surface area contributed by atoms with E-state index in [0.29, 0.717) is 0 Å². The van der Waals surface area contributed by atoms with Crippen molar-refractivity contribution in [1.82, 2.24) is 0 Å². The maximum atomic E-state index is 4.52. The maximum Gasteiger partial charge on any atom is 0.0612 e. The Bertz CT molecular complexity index is 455. The first-order chi connectivity index (χ1) is 6.76. The molecular formula is C12H14S2. The molecule has 0 amide bonds. The summed E-state index contributed by atoms with van der Waals surface area (Å²) in [4.78, 5) is 0. The van der Waals surface area contributed by atoms with Crippen molar-refractivity contribution in [2.75, 3.05) is 0 Å². The molecule has 0 spiro atoms. The van der Waals surface area contributed by atoms with E-state index in [1.165, 1.54) is 25.4 Å². The van der Waals surface area contributed by atoms with Crippen LogP contribution in [0.15, 0.2) is 22.4 Å². The monoisotopic (exact) mass is 222 g/mol. The molecule has 0 atom stereocenters. The van der Waals surface area contributed by atoms with E-state index in [-0.39, 0.29) is 0 Å². The van der Waals surface area contributed by atoms with Crippen molar-refractivity contribution in [2.45, 2.75) is 30.9 Å². The van der Waals surface area contributed by atoms with Gasteiger partial charge in [0.1, 0.15) is 0 Å². The number of aryl methyl sites for hydroxylation is 2. The van der Waals surface area contributed by atoms with E-state index in [2.05, 4.69) is 44.7 Å². The Kier molecular flexibility index (Phi) is 2.84. The molecule has 0 saturated carbocycles. The minimum atomic E-state index is 1.08. The van der Waals surface area contributed by atoms with Gasteiger partial charge in [0, 0.05) is 4.70 Å². The molecule has 0 nitrogen and oxygen atoms in total. The zero-order valence-corrected chi connectivity index (χ0v) is 10.2. The molecule has 1 aromatic carbocycles. The summed E-state index contributed by atoms with van der Waals surface area (Å²) < 4.78 is 2.54. The number of rotatable bonds is 2. The average Bonchev–Trinajstić information content (AvgIpc) is 2.52. The molecule has 0 unspecified atom stereocenters. The van der Waals surface area contributed by atoms with Gasteiger partial charge in [-0.1, -0.05) is 26.0 Å². The normalized spacial score (nSPS) is 11.1. The third-order valence-corrected chi connectivity index (χ3v) is 4.16. The molecule has 1 aromatic heterocycles. The predicted octanol–water partition coefficient (Wildman–Crippen LogP) is 4.31. The summed E-state index contributed by atoms with van der Waals surface area (Å²) in [5, 5.41) is 1.40. The summed E-state index contributed by atoms with van der Waals surface area (Å²) in [7, 11) is 0. The SMILES string of the molecule is CCc1ccc2sc(S)c(CC)c2c1. The number of hydrogen-bond donors (Lipinski definition) is 1. The lowest BCUT2D eigenvalue weighted by Gasteiger charge is -1.98. The highest BCUT2D eigenvalue weighted by Crippen LogP contribution is 2.34. The highest BCUT2D eigenvalue weighted by atomic mass is 32.2. The van der Waals surface area contributed by atoms with Crippen LogP contribution in [0.1, 0.15) is 25.0 Å². The van der Waals surface area contributed by atoms with Crippen LogP contribution in [-0.4, -0.2) is 0 Å². The molecule has 0 radical (unpaired) electrons. The van der Waals surface area contributed by atoms with Gasteiger partial charge in [-0.2, -0.15) is 0 Å². The van der Waals surface area contributed by atoms with Gasteiger partial charge in [0.25, 0.3) is 0 Å². The molecule has 2 heteroatoms. The number of thiophene rings is 1. The fourth-order valence-electron chi connectivity index (χ4n) is 1.74. The Labute approximate surface area is 94.4 Å². The fourth-order valence-corrected chi connectivity index (χ4v) is 3.33. The second kappa shape index (κ2) is 3.95. The molecule has 14 heavy (non-hydrogen) atoms. The van der Waals surface area contributed by atoms with Crippen molar-refractivity contribution < 1.29 is 0 Å². The van der Waals surface area contributed by atoms with Gasteiger partial charge in [-0.25, -0.2) is 0 Å². The standard InChI is InChI=1S/C12H14S2/c1-3-8-5-6-11-10(7-8)9(4-2)12(13)14-11/h5-7,13H,3-4H2,1-2H3. The topological polar surface area (TPSA) is 0 Å². The van der Waals surface area contributed by atoms with Crippen molar-refractivity contribution in [1.29, 1.82) is 0 Å². The van der Waals surface area contributed by atoms with Gasteiger partial charge in [0.15, 0.2) is 0 Å². The molecule has 0 aliphatic rings. The predicted molar refractivity (Wildman–Crippen MR) is 67.8 cm³/mol. The summed E-state index contributed by atoms with van der Waals surface area (Å²) in [5.74, 6) is 0. The maximum absolute atomic E-state index is 4.52. The van der Waals surface area contributed by atoms with E-state index in [1.807, 2.05) is 0 Å². The molecule has 2 aromatic rings. The smallest absolute Gasteiger partial charge is 0.0612 e. The Balaban J connectivity index is 2.71. The first kappa shape index (κ1) is 10.1. The van der Waals surface area contributed by atoms with Crippen molar-refractivity contribution in [3.63, 3.8) is 0 Å². The molecule has 74 valence electrons. The van der Waals surface area contributed by atoms with Crippen LogP contribution in [0.25, 0.3) is 10.1 Å². The lowest BCUT2D eigenvalue weighted by molar-refractivity contribution is 1.12. The third kappa shape index (κ3) is 1.57. The molecule has 0 aliphatic carbocycles. The second-order valence-electron chi connectivity index (χ2n) is 3.42. The van der Waals surface area contributed by atoms with E-state index in [0.717, 1.165) is 12.8 Å². The molecule has 2 rings (SSSR count). The van der Waals surface area contributed by atoms with E-state index >= 15 is 0 Å². The largest absolute Gasteiger partial charge is 0.133 e. The van der Waals surface area contributed by atoms with E-state index in [4.69, 9.17) is 0 Å². The first-order valence-electron chi connectivity index (χ1n) is 4.99. The van der Waals surface area contributed by atoms with Crippen molar-refractivity contribution in [3.05, 3.63) is 29.3 Å². The molecular weight excluding hydrogens is 208 g/mol.